The van der Waals surface area contributed by atoms with Gasteiger partial charge in [0.1, 0.15) is 5.69 Å². The number of nitrogens with zero attached hydrogens (tertiary/aromatic N) is 1. The second-order valence-electron chi connectivity index (χ2n) is 3.67. The Balaban J connectivity index is 2.72. The van der Waals surface area contributed by atoms with Gasteiger partial charge in [-0.1, -0.05) is 32.4 Å². The molecular weight excluding hydrogens is 192 g/mol. The zero-order valence-corrected chi connectivity index (χ0v) is 9.06. The number of benzene rings is 1. The van der Waals surface area contributed by atoms with Crippen molar-refractivity contribution in [3.8, 4) is 0 Å². The van der Waals surface area contributed by atoms with E-state index in [1.165, 1.54) is 6.07 Å². The first-order chi connectivity index (χ1) is 7.15. The fourth-order valence-corrected chi connectivity index (χ4v) is 1.21. The third kappa shape index (κ3) is 3.23. The van der Waals surface area contributed by atoms with Crippen LogP contribution < -0.4 is 5.32 Å². The van der Waals surface area contributed by atoms with Crippen molar-refractivity contribution in [2.45, 2.75) is 20.3 Å². The summed E-state index contributed by atoms with van der Waals surface area (Å²) in [5.74, 6) is 0.518. The van der Waals surface area contributed by atoms with E-state index in [-0.39, 0.29) is 10.6 Å². The van der Waals surface area contributed by atoms with Gasteiger partial charge in [-0.15, -0.1) is 0 Å². The van der Waals surface area contributed by atoms with Gasteiger partial charge in [0.15, 0.2) is 0 Å². The zero-order valence-electron chi connectivity index (χ0n) is 9.06. The summed E-state index contributed by atoms with van der Waals surface area (Å²) < 4.78 is 0. The lowest BCUT2D eigenvalue weighted by Crippen LogP contribution is -2.11. The summed E-state index contributed by atoms with van der Waals surface area (Å²) in [6.07, 6.45) is 1.06. The topological polar surface area (TPSA) is 55.2 Å². The number of para-hydroxylation sites is 2. The summed E-state index contributed by atoms with van der Waals surface area (Å²) in [6, 6.07) is 6.72. The van der Waals surface area contributed by atoms with Gasteiger partial charge in [0.2, 0.25) is 0 Å². The number of hydrogen-bond acceptors (Lipinski definition) is 3. The summed E-state index contributed by atoms with van der Waals surface area (Å²) in [5.41, 5.74) is 0.739. The predicted octanol–water partition coefficient (Wildman–Crippen LogP) is 3.05. The largest absolute Gasteiger partial charge is 0.379 e. The van der Waals surface area contributed by atoms with Crippen LogP contribution in [0, 0.1) is 16.0 Å². The number of rotatable bonds is 5. The molecule has 0 aromatic heterocycles. The third-order valence-corrected chi connectivity index (χ3v) is 2.44. The van der Waals surface area contributed by atoms with Crippen molar-refractivity contribution < 1.29 is 4.92 Å². The van der Waals surface area contributed by atoms with Crippen molar-refractivity contribution in [3.05, 3.63) is 34.4 Å². The molecule has 0 heterocycles. The maximum Gasteiger partial charge on any atom is 0.292 e. The van der Waals surface area contributed by atoms with Crippen molar-refractivity contribution in [2.24, 2.45) is 5.92 Å². The first-order valence-electron chi connectivity index (χ1n) is 5.12. The highest BCUT2D eigenvalue weighted by Crippen LogP contribution is 2.23. The van der Waals surface area contributed by atoms with E-state index in [0.29, 0.717) is 11.6 Å². The molecule has 0 saturated carbocycles. The highest BCUT2D eigenvalue weighted by Gasteiger charge is 2.11. The van der Waals surface area contributed by atoms with Crippen LogP contribution in [0.5, 0.6) is 0 Å². The van der Waals surface area contributed by atoms with E-state index in [4.69, 9.17) is 0 Å². The normalized spacial score (nSPS) is 12.1. The molecule has 0 aliphatic heterocycles. The highest BCUT2D eigenvalue weighted by molar-refractivity contribution is 5.60. The Labute approximate surface area is 89.5 Å². The van der Waals surface area contributed by atoms with Crippen LogP contribution in [0.1, 0.15) is 20.3 Å². The molecule has 1 aromatic rings. The molecule has 0 saturated heterocycles. The van der Waals surface area contributed by atoms with Gasteiger partial charge in [0.05, 0.1) is 4.92 Å². The van der Waals surface area contributed by atoms with Crippen LogP contribution in [0.25, 0.3) is 0 Å². The number of nitro benzene ring substituents is 1. The third-order valence-electron chi connectivity index (χ3n) is 2.44. The summed E-state index contributed by atoms with van der Waals surface area (Å²) in [4.78, 5) is 10.3. The molecule has 0 amide bonds. The minimum absolute atomic E-state index is 0.140. The zero-order chi connectivity index (χ0) is 11.3. The average molecular weight is 208 g/mol. The first kappa shape index (κ1) is 11.5. The van der Waals surface area contributed by atoms with Crippen LogP contribution in [0.3, 0.4) is 0 Å². The number of nitro groups is 1. The van der Waals surface area contributed by atoms with Gasteiger partial charge in [-0.2, -0.15) is 0 Å². The van der Waals surface area contributed by atoms with Crippen molar-refractivity contribution in [2.75, 3.05) is 11.9 Å². The van der Waals surface area contributed by atoms with Crippen LogP contribution >= 0.6 is 0 Å². The molecule has 4 nitrogen and oxygen atoms in total. The Hall–Kier alpha value is -1.58. The lowest BCUT2D eigenvalue weighted by Gasteiger charge is -2.11. The maximum absolute atomic E-state index is 10.7. The van der Waals surface area contributed by atoms with E-state index in [9.17, 15) is 10.1 Å². The molecule has 0 fully saturated rings. The smallest absolute Gasteiger partial charge is 0.292 e. The second-order valence-corrected chi connectivity index (χ2v) is 3.67. The van der Waals surface area contributed by atoms with Gasteiger partial charge in [0, 0.05) is 12.6 Å². The Kier molecular flexibility index (Phi) is 4.09. The van der Waals surface area contributed by atoms with Crippen molar-refractivity contribution >= 4 is 11.4 Å². The molecular formula is C11H16N2O2. The van der Waals surface area contributed by atoms with Gasteiger partial charge >= 0.3 is 0 Å². The van der Waals surface area contributed by atoms with Crippen LogP contribution in [-0.4, -0.2) is 11.5 Å². The molecule has 1 rings (SSSR count). The minimum Gasteiger partial charge on any atom is -0.379 e. The van der Waals surface area contributed by atoms with Crippen molar-refractivity contribution in [3.63, 3.8) is 0 Å². The standard InChI is InChI=1S/C11H16N2O2/c1-3-9(2)8-12-10-6-4-5-7-11(10)13(14)15/h4-7,9,12H,3,8H2,1-2H3. The number of hydrogen-bond donors (Lipinski definition) is 1. The van der Waals surface area contributed by atoms with Gasteiger partial charge < -0.3 is 5.32 Å². The van der Waals surface area contributed by atoms with Gasteiger partial charge in [-0.25, -0.2) is 0 Å². The molecule has 1 N–H and O–H groups in total. The molecule has 0 bridgehead atoms. The fourth-order valence-electron chi connectivity index (χ4n) is 1.21. The molecule has 82 valence electrons. The molecule has 1 atom stereocenters. The van der Waals surface area contributed by atoms with E-state index in [2.05, 4.69) is 19.2 Å². The van der Waals surface area contributed by atoms with E-state index in [1.807, 2.05) is 0 Å². The van der Waals surface area contributed by atoms with Crippen LogP contribution in [0.15, 0.2) is 24.3 Å². The van der Waals surface area contributed by atoms with Gasteiger partial charge in [0.25, 0.3) is 5.69 Å². The lowest BCUT2D eigenvalue weighted by molar-refractivity contribution is -0.384. The van der Waals surface area contributed by atoms with E-state index in [0.717, 1.165) is 13.0 Å². The van der Waals surface area contributed by atoms with Crippen molar-refractivity contribution in [1.29, 1.82) is 0 Å². The lowest BCUT2D eigenvalue weighted by atomic mass is 10.1. The number of nitrogens with one attached hydrogen (secondary N) is 1. The quantitative estimate of drug-likeness (QED) is 0.597. The van der Waals surface area contributed by atoms with Crippen LogP contribution in [0.4, 0.5) is 11.4 Å². The van der Waals surface area contributed by atoms with E-state index >= 15 is 0 Å². The summed E-state index contributed by atoms with van der Waals surface area (Å²) in [6.45, 7) is 4.98. The molecule has 15 heavy (non-hydrogen) atoms. The highest BCUT2D eigenvalue weighted by atomic mass is 16.6. The average Bonchev–Trinajstić information content (AvgIpc) is 2.26. The molecule has 1 aromatic carbocycles. The van der Waals surface area contributed by atoms with Gasteiger partial charge in [-0.05, 0) is 12.0 Å². The summed E-state index contributed by atoms with van der Waals surface area (Å²) in [7, 11) is 0. The molecule has 0 spiro atoms. The van der Waals surface area contributed by atoms with E-state index < -0.39 is 0 Å². The Morgan fingerprint density at radius 1 is 1.47 bits per heavy atom. The summed E-state index contributed by atoms with van der Waals surface area (Å²) in [5, 5.41) is 13.8. The van der Waals surface area contributed by atoms with Crippen LogP contribution in [0.2, 0.25) is 0 Å². The molecule has 0 aliphatic carbocycles. The van der Waals surface area contributed by atoms with Crippen molar-refractivity contribution in [1.82, 2.24) is 0 Å². The van der Waals surface area contributed by atoms with E-state index in [1.54, 1.807) is 18.2 Å². The maximum atomic E-state index is 10.7. The molecule has 0 aliphatic rings. The van der Waals surface area contributed by atoms with Gasteiger partial charge in [-0.3, -0.25) is 10.1 Å². The van der Waals surface area contributed by atoms with Crippen LogP contribution in [-0.2, 0) is 0 Å². The molecule has 1 unspecified atom stereocenters. The SMILES string of the molecule is CCC(C)CNc1ccccc1[N+](=O)[O-]. The molecule has 0 radical (unpaired) electrons. The Morgan fingerprint density at radius 3 is 2.73 bits per heavy atom. The molecule has 4 heteroatoms. The summed E-state index contributed by atoms with van der Waals surface area (Å²) >= 11 is 0. The predicted molar refractivity (Wildman–Crippen MR) is 61.0 cm³/mol. The fraction of sp³-hybridized carbons (Fsp3) is 0.455. The second kappa shape index (κ2) is 5.34. The minimum atomic E-state index is -0.362. The Bertz CT molecular complexity index is 339. The first-order valence-corrected chi connectivity index (χ1v) is 5.12. The number of anilines is 1. The monoisotopic (exact) mass is 208 g/mol. The Morgan fingerprint density at radius 2 is 2.13 bits per heavy atom.